The first-order chi connectivity index (χ1) is 7.77. The smallest absolute Gasteiger partial charge is 0.0509 e. The molecular weight excluding hydrogens is 200 g/mol. The molecule has 1 aliphatic heterocycles. The van der Waals surface area contributed by atoms with Gasteiger partial charge in [0.05, 0.1) is 6.61 Å². The average molecular weight is 220 g/mol. The molecule has 1 aromatic heterocycles. The Morgan fingerprint density at radius 1 is 1.50 bits per heavy atom. The summed E-state index contributed by atoms with van der Waals surface area (Å²) in [5, 5.41) is 3.62. The van der Waals surface area contributed by atoms with E-state index in [-0.39, 0.29) is 0 Å². The number of nitrogens with one attached hydrogen (secondary N) is 1. The summed E-state index contributed by atoms with van der Waals surface area (Å²) in [5.74, 6) is 0.652. The number of rotatable bonds is 4. The van der Waals surface area contributed by atoms with Crippen LogP contribution in [0.25, 0.3) is 0 Å². The number of nitrogens with zero attached hydrogens (tertiary/aromatic N) is 1. The van der Waals surface area contributed by atoms with Gasteiger partial charge >= 0.3 is 0 Å². The van der Waals surface area contributed by atoms with Crippen LogP contribution >= 0.6 is 0 Å². The Hall–Kier alpha value is -0.930. The Morgan fingerprint density at radius 3 is 3.00 bits per heavy atom. The van der Waals surface area contributed by atoms with Gasteiger partial charge in [-0.2, -0.15) is 0 Å². The molecule has 1 aliphatic rings. The Kier molecular flexibility index (Phi) is 3.91. The van der Waals surface area contributed by atoms with E-state index in [1.807, 2.05) is 18.5 Å². The molecule has 1 N–H and O–H groups in total. The van der Waals surface area contributed by atoms with Gasteiger partial charge in [0.25, 0.3) is 0 Å². The number of aromatic nitrogens is 1. The van der Waals surface area contributed by atoms with Gasteiger partial charge in [-0.05, 0) is 37.8 Å². The minimum Gasteiger partial charge on any atom is -0.381 e. The summed E-state index contributed by atoms with van der Waals surface area (Å²) in [7, 11) is 0. The standard InChI is InChI=1S/C13H20N2O/c1-10(12-4-3-6-14-8-12)15-11(2)13-5-7-16-9-13/h3-4,6,8,10-11,13,15H,5,7,9H2,1-2H3. The largest absolute Gasteiger partial charge is 0.381 e. The van der Waals surface area contributed by atoms with Crippen LogP contribution in [0.15, 0.2) is 24.5 Å². The molecule has 1 saturated heterocycles. The molecule has 1 fully saturated rings. The van der Waals surface area contributed by atoms with Gasteiger partial charge in [-0.25, -0.2) is 0 Å². The van der Waals surface area contributed by atoms with Crippen molar-refractivity contribution in [2.24, 2.45) is 5.92 Å². The molecule has 0 spiro atoms. The highest BCUT2D eigenvalue weighted by Crippen LogP contribution is 2.19. The van der Waals surface area contributed by atoms with Crippen molar-refractivity contribution in [1.82, 2.24) is 10.3 Å². The molecular formula is C13H20N2O. The molecule has 0 radical (unpaired) electrons. The van der Waals surface area contributed by atoms with E-state index in [4.69, 9.17) is 4.74 Å². The van der Waals surface area contributed by atoms with Crippen LogP contribution in [0.4, 0.5) is 0 Å². The Labute approximate surface area is 97.2 Å². The van der Waals surface area contributed by atoms with E-state index in [0.717, 1.165) is 13.2 Å². The van der Waals surface area contributed by atoms with Gasteiger partial charge in [0.15, 0.2) is 0 Å². The maximum Gasteiger partial charge on any atom is 0.0509 e. The third kappa shape index (κ3) is 2.80. The Balaban J connectivity index is 1.89. The fraction of sp³-hybridized carbons (Fsp3) is 0.615. The van der Waals surface area contributed by atoms with Crippen LogP contribution in [-0.2, 0) is 4.74 Å². The van der Waals surface area contributed by atoms with Crippen LogP contribution in [0.5, 0.6) is 0 Å². The quantitative estimate of drug-likeness (QED) is 0.844. The van der Waals surface area contributed by atoms with E-state index in [9.17, 15) is 0 Å². The fourth-order valence-electron chi connectivity index (χ4n) is 2.21. The van der Waals surface area contributed by atoms with Gasteiger partial charge in [0.2, 0.25) is 0 Å². The van der Waals surface area contributed by atoms with Gasteiger partial charge in [0, 0.05) is 31.1 Å². The van der Waals surface area contributed by atoms with Gasteiger partial charge in [0.1, 0.15) is 0 Å². The summed E-state index contributed by atoms with van der Waals surface area (Å²) in [5.41, 5.74) is 1.24. The third-order valence-corrected chi connectivity index (χ3v) is 3.37. The molecule has 3 atom stereocenters. The SMILES string of the molecule is CC(NC(C)C1CCOC1)c1cccnc1. The van der Waals surface area contributed by atoms with Crippen molar-refractivity contribution in [2.45, 2.75) is 32.4 Å². The van der Waals surface area contributed by atoms with Gasteiger partial charge in [-0.15, -0.1) is 0 Å². The molecule has 1 aromatic rings. The summed E-state index contributed by atoms with van der Waals surface area (Å²) in [4.78, 5) is 4.15. The fourth-order valence-corrected chi connectivity index (χ4v) is 2.21. The molecule has 16 heavy (non-hydrogen) atoms. The van der Waals surface area contributed by atoms with Crippen molar-refractivity contribution >= 4 is 0 Å². The number of hydrogen-bond acceptors (Lipinski definition) is 3. The molecule has 0 aromatic carbocycles. The van der Waals surface area contributed by atoms with Crippen LogP contribution in [0.1, 0.15) is 31.9 Å². The van der Waals surface area contributed by atoms with Crippen LogP contribution in [0, 0.1) is 5.92 Å². The van der Waals surface area contributed by atoms with Crippen molar-refractivity contribution in [3.8, 4) is 0 Å². The van der Waals surface area contributed by atoms with Crippen molar-refractivity contribution in [1.29, 1.82) is 0 Å². The lowest BCUT2D eigenvalue weighted by molar-refractivity contribution is 0.177. The lowest BCUT2D eigenvalue weighted by Gasteiger charge is -2.24. The molecule has 0 bridgehead atoms. The second-order valence-electron chi connectivity index (χ2n) is 4.59. The van der Waals surface area contributed by atoms with Crippen LogP contribution in [0.3, 0.4) is 0 Å². The predicted octanol–water partition coefficient (Wildman–Crippen LogP) is 2.16. The summed E-state index contributed by atoms with van der Waals surface area (Å²) in [6, 6.07) is 4.95. The number of ether oxygens (including phenoxy) is 1. The van der Waals surface area contributed by atoms with E-state index in [1.54, 1.807) is 0 Å². The molecule has 88 valence electrons. The topological polar surface area (TPSA) is 34.1 Å². The summed E-state index contributed by atoms with van der Waals surface area (Å²) in [6.07, 6.45) is 4.91. The maximum atomic E-state index is 5.41. The van der Waals surface area contributed by atoms with Gasteiger partial charge < -0.3 is 10.1 Å². The first-order valence-electron chi connectivity index (χ1n) is 6.01. The van der Waals surface area contributed by atoms with Crippen molar-refractivity contribution < 1.29 is 4.74 Å². The lowest BCUT2D eigenvalue weighted by atomic mass is 9.99. The Bertz CT molecular complexity index is 309. The van der Waals surface area contributed by atoms with E-state index in [2.05, 4.69) is 30.2 Å². The zero-order valence-electron chi connectivity index (χ0n) is 10.0. The van der Waals surface area contributed by atoms with Gasteiger partial charge in [-0.3, -0.25) is 4.98 Å². The van der Waals surface area contributed by atoms with Crippen molar-refractivity contribution in [3.05, 3.63) is 30.1 Å². The second kappa shape index (κ2) is 5.41. The molecule has 0 aliphatic carbocycles. The minimum absolute atomic E-state index is 0.351. The first-order valence-corrected chi connectivity index (χ1v) is 6.01. The monoisotopic (exact) mass is 220 g/mol. The molecule has 3 nitrogen and oxygen atoms in total. The third-order valence-electron chi connectivity index (χ3n) is 3.37. The first kappa shape index (κ1) is 11.6. The summed E-state index contributed by atoms with van der Waals surface area (Å²) >= 11 is 0. The van der Waals surface area contributed by atoms with Crippen LogP contribution < -0.4 is 5.32 Å². The number of pyridine rings is 1. The van der Waals surface area contributed by atoms with Crippen LogP contribution in [-0.4, -0.2) is 24.2 Å². The highest BCUT2D eigenvalue weighted by Gasteiger charge is 2.23. The Morgan fingerprint density at radius 2 is 2.38 bits per heavy atom. The van der Waals surface area contributed by atoms with Crippen molar-refractivity contribution in [2.75, 3.05) is 13.2 Å². The molecule has 0 saturated carbocycles. The highest BCUT2D eigenvalue weighted by atomic mass is 16.5. The van der Waals surface area contributed by atoms with E-state index >= 15 is 0 Å². The average Bonchev–Trinajstić information content (AvgIpc) is 2.83. The molecule has 0 amide bonds. The molecule has 3 unspecified atom stereocenters. The number of hydrogen-bond donors (Lipinski definition) is 1. The molecule has 3 heteroatoms. The lowest BCUT2D eigenvalue weighted by Crippen LogP contribution is -2.35. The second-order valence-corrected chi connectivity index (χ2v) is 4.59. The normalized spacial score (nSPS) is 24.2. The summed E-state index contributed by atoms with van der Waals surface area (Å²) in [6.45, 7) is 6.24. The van der Waals surface area contributed by atoms with Gasteiger partial charge in [-0.1, -0.05) is 6.07 Å². The predicted molar refractivity (Wildman–Crippen MR) is 64.2 cm³/mol. The van der Waals surface area contributed by atoms with E-state index in [1.165, 1.54) is 12.0 Å². The molecule has 2 heterocycles. The zero-order valence-corrected chi connectivity index (χ0v) is 10.0. The summed E-state index contributed by atoms with van der Waals surface area (Å²) < 4.78 is 5.41. The minimum atomic E-state index is 0.351. The van der Waals surface area contributed by atoms with E-state index < -0.39 is 0 Å². The highest BCUT2D eigenvalue weighted by molar-refractivity contribution is 5.13. The van der Waals surface area contributed by atoms with E-state index in [0.29, 0.717) is 18.0 Å². The molecule has 2 rings (SSSR count). The maximum absolute atomic E-state index is 5.41. The van der Waals surface area contributed by atoms with Crippen LogP contribution in [0.2, 0.25) is 0 Å². The zero-order chi connectivity index (χ0) is 11.4. The van der Waals surface area contributed by atoms with Crippen molar-refractivity contribution in [3.63, 3.8) is 0 Å².